The van der Waals surface area contributed by atoms with Gasteiger partial charge < -0.3 is 5.53 Å². The molecule has 1 aromatic rings. The Bertz CT molecular complexity index is 836. The van der Waals surface area contributed by atoms with Crippen LogP contribution in [0.2, 0.25) is 0 Å². The van der Waals surface area contributed by atoms with E-state index < -0.39 is 19.3 Å². The van der Waals surface area contributed by atoms with Crippen molar-refractivity contribution in [3.8, 4) is 0 Å². The van der Waals surface area contributed by atoms with E-state index in [1.807, 2.05) is 0 Å². The fourth-order valence-electron chi connectivity index (χ4n) is 2.15. The van der Waals surface area contributed by atoms with Crippen LogP contribution in [0, 0.1) is 6.92 Å². The molecule has 1 aromatic carbocycles. The van der Waals surface area contributed by atoms with Crippen molar-refractivity contribution in [2.45, 2.75) is 21.9 Å². The molecule has 7 heteroatoms. The molecule has 0 radical (unpaired) electrons. The first-order valence-electron chi connectivity index (χ1n) is 6.42. The quantitative estimate of drug-likeness (QED) is 0.348. The molecule has 1 aliphatic rings. The van der Waals surface area contributed by atoms with Crippen LogP contribution < -0.4 is 0 Å². The third-order valence-electron chi connectivity index (χ3n) is 3.40. The molecule has 0 fully saturated rings. The van der Waals surface area contributed by atoms with Crippen LogP contribution in [0.3, 0.4) is 0 Å². The number of nitrogens with zero attached hydrogens (tertiary/aromatic N) is 2. The third kappa shape index (κ3) is 2.88. The highest BCUT2D eigenvalue weighted by molar-refractivity contribution is 9.11. The van der Waals surface area contributed by atoms with Gasteiger partial charge in [-0.05, 0) is 25.0 Å². The molecule has 0 saturated carbocycles. The Hall–Kier alpha value is -1.82. The number of allylic oxidation sites excluding steroid dienone is 3. The fraction of sp³-hybridized carbons (Fsp3) is 0.200. The van der Waals surface area contributed by atoms with Gasteiger partial charge in [-0.25, -0.2) is 8.42 Å². The number of aryl methyl sites for hydroxylation is 1. The lowest BCUT2D eigenvalue weighted by Crippen LogP contribution is -2.32. The van der Waals surface area contributed by atoms with E-state index >= 15 is 0 Å². The number of alkyl halides is 1. The van der Waals surface area contributed by atoms with E-state index in [9.17, 15) is 13.2 Å². The van der Waals surface area contributed by atoms with E-state index in [4.69, 9.17) is 5.53 Å². The minimum absolute atomic E-state index is 0.0977. The predicted molar refractivity (Wildman–Crippen MR) is 86.6 cm³/mol. The van der Waals surface area contributed by atoms with Crippen molar-refractivity contribution >= 4 is 37.8 Å². The minimum atomic E-state index is -3.66. The summed E-state index contributed by atoms with van der Waals surface area (Å²) in [6.07, 6.45) is 5.23. The number of hydrogen-bond donors (Lipinski definition) is 0. The zero-order valence-electron chi connectivity index (χ0n) is 11.7. The average molecular weight is 381 g/mol. The molecule has 0 N–H and O–H groups in total. The summed E-state index contributed by atoms with van der Waals surface area (Å²) in [5.41, 5.74) is 9.32. The third-order valence-corrected chi connectivity index (χ3v) is 7.50. The van der Waals surface area contributed by atoms with Crippen LogP contribution in [0.25, 0.3) is 5.53 Å². The van der Waals surface area contributed by atoms with Gasteiger partial charge in [-0.15, -0.1) is 0 Å². The predicted octanol–water partition coefficient (Wildman–Crippen LogP) is 2.62. The Morgan fingerprint density at radius 1 is 1.41 bits per heavy atom. The number of carbonyl (C=O) groups is 1. The van der Waals surface area contributed by atoms with Crippen LogP contribution in [-0.2, 0) is 14.6 Å². The van der Waals surface area contributed by atoms with Crippen LogP contribution in [-0.4, -0.2) is 28.9 Å². The Kier molecular flexibility index (Phi) is 4.60. The van der Waals surface area contributed by atoms with Gasteiger partial charge in [-0.2, -0.15) is 4.79 Å². The number of hydrogen-bond acceptors (Lipinski definition) is 3. The molecule has 2 rings (SSSR count). The van der Waals surface area contributed by atoms with Gasteiger partial charge in [0.2, 0.25) is 0 Å². The Morgan fingerprint density at radius 2 is 2.09 bits per heavy atom. The maximum Gasteiger partial charge on any atom is 0.328 e. The molecule has 0 heterocycles. The fourth-order valence-corrected chi connectivity index (χ4v) is 4.63. The highest BCUT2D eigenvalue weighted by Gasteiger charge is 2.41. The summed E-state index contributed by atoms with van der Waals surface area (Å²) in [5.74, 6) is -0.485. The number of rotatable bonds is 4. The first kappa shape index (κ1) is 16.5. The Labute approximate surface area is 137 Å². The van der Waals surface area contributed by atoms with Crippen molar-refractivity contribution < 1.29 is 18.0 Å². The smallest absolute Gasteiger partial charge is 0.328 e. The van der Waals surface area contributed by atoms with E-state index in [1.54, 1.807) is 31.2 Å². The van der Waals surface area contributed by atoms with Crippen molar-refractivity contribution in [1.82, 2.24) is 0 Å². The molecule has 0 bridgehead atoms. The molecule has 1 unspecified atom stereocenters. The monoisotopic (exact) mass is 380 g/mol. The Morgan fingerprint density at radius 3 is 2.64 bits per heavy atom. The van der Waals surface area contributed by atoms with Crippen LogP contribution in [0.5, 0.6) is 0 Å². The number of halogens is 1. The second-order valence-corrected chi connectivity index (χ2v) is 8.98. The highest BCUT2D eigenvalue weighted by atomic mass is 79.9. The molecule has 1 atom stereocenters. The summed E-state index contributed by atoms with van der Waals surface area (Å²) in [7, 11) is -3.66. The number of ketones is 1. The first-order chi connectivity index (χ1) is 10.3. The molecular formula is C15H13BrN2O3S. The van der Waals surface area contributed by atoms with Crippen LogP contribution in [0.15, 0.2) is 53.0 Å². The van der Waals surface area contributed by atoms with Gasteiger partial charge in [0.1, 0.15) is 0 Å². The molecule has 114 valence electrons. The highest BCUT2D eigenvalue weighted by Crippen LogP contribution is 2.40. The second kappa shape index (κ2) is 6.12. The van der Waals surface area contributed by atoms with Gasteiger partial charge in [0, 0.05) is 5.57 Å². The average Bonchev–Trinajstić information content (AvgIpc) is 2.48. The van der Waals surface area contributed by atoms with E-state index in [2.05, 4.69) is 20.7 Å². The number of benzene rings is 1. The number of Topliss-reactive ketones (excluding diaryl/α,β-unsaturated/α-hetero) is 1. The lowest BCUT2D eigenvalue weighted by molar-refractivity contribution is -0.112. The van der Waals surface area contributed by atoms with E-state index in [0.29, 0.717) is 5.56 Å². The molecule has 0 spiro atoms. The number of sulfone groups is 1. The standard InChI is InChI=1S/C15H13BrN2O3S/c1-11-4-2-3-5-14(11)22(20,21)15(16)8-6-12(7-9-15)13(19)10-18-17/h2-8,10H,9H2,1H3. The molecule has 22 heavy (non-hydrogen) atoms. The van der Waals surface area contributed by atoms with Crippen LogP contribution in [0.4, 0.5) is 0 Å². The Balaban J connectivity index is 2.39. The number of carbonyl (C=O) groups excluding carboxylic acids is 1. The minimum Gasteiger partial charge on any atom is -0.361 e. The van der Waals surface area contributed by atoms with Crippen molar-refractivity contribution in [3.63, 3.8) is 0 Å². The van der Waals surface area contributed by atoms with Crippen molar-refractivity contribution in [2.75, 3.05) is 0 Å². The second-order valence-electron chi connectivity index (χ2n) is 4.86. The van der Waals surface area contributed by atoms with Gasteiger partial charge >= 0.3 is 6.21 Å². The summed E-state index contributed by atoms with van der Waals surface area (Å²) >= 11 is 3.29. The van der Waals surface area contributed by atoms with Crippen LogP contribution in [0.1, 0.15) is 12.0 Å². The molecule has 0 saturated heterocycles. The van der Waals surface area contributed by atoms with Crippen LogP contribution >= 0.6 is 15.9 Å². The first-order valence-corrected chi connectivity index (χ1v) is 8.70. The maximum atomic E-state index is 12.9. The van der Waals surface area contributed by atoms with Crippen molar-refractivity contribution in [2.24, 2.45) is 0 Å². The SMILES string of the molecule is Cc1ccccc1S(=O)(=O)C1(Br)C=CC(C(=O)C=[N+]=[N-])=CC1. The maximum absolute atomic E-state index is 12.9. The topological polar surface area (TPSA) is 87.6 Å². The van der Waals surface area contributed by atoms with Crippen molar-refractivity contribution in [1.29, 1.82) is 0 Å². The van der Waals surface area contributed by atoms with Gasteiger partial charge in [0.25, 0.3) is 5.78 Å². The van der Waals surface area contributed by atoms with Gasteiger partial charge in [-0.1, -0.05) is 52.4 Å². The van der Waals surface area contributed by atoms with Gasteiger partial charge in [-0.3, -0.25) is 4.79 Å². The molecular weight excluding hydrogens is 368 g/mol. The molecule has 1 aliphatic carbocycles. The lowest BCUT2D eigenvalue weighted by Gasteiger charge is -2.26. The molecule has 0 aromatic heterocycles. The molecule has 0 amide bonds. The van der Waals surface area contributed by atoms with Crippen molar-refractivity contribution in [3.05, 3.63) is 59.2 Å². The summed E-state index contributed by atoms with van der Waals surface area (Å²) in [6, 6.07) is 6.74. The normalized spacial score (nSPS) is 20.9. The van der Waals surface area contributed by atoms with E-state index in [1.165, 1.54) is 18.2 Å². The van der Waals surface area contributed by atoms with Gasteiger partial charge in [0.05, 0.1) is 4.90 Å². The zero-order valence-corrected chi connectivity index (χ0v) is 14.1. The largest absolute Gasteiger partial charge is 0.361 e. The summed E-state index contributed by atoms with van der Waals surface area (Å²) in [6.45, 7) is 1.73. The zero-order chi connectivity index (χ0) is 16.4. The lowest BCUT2D eigenvalue weighted by atomic mass is 10.0. The van der Waals surface area contributed by atoms with E-state index in [-0.39, 0.29) is 16.9 Å². The molecule has 0 aliphatic heterocycles. The summed E-state index contributed by atoms with van der Waals surface area (Å²) in [5, 5.41) is 0. The van der Waals surface area contributed by atoms with E-state index in [0.717, 1.165) is 6.21 Å². The van der Waals surface area contributed by atoms with Gasteiger partial charge in [0.15, 0.2) is 13.5 Å². The summed E-state index contributed by atoms with van der Waals surface area (Å²) < 4.78 is 24.4. The molecule has 5 nitrogen and oxygen atoms in total. The summed E-state index contributed by atoms with van der Waals surface area (Å²) in [4.78, 5) is 14.5.